The average molecular weight is 375 g/mol. The molecule has 0 saturated heterocycles. The maximum Gasteiger partial charge on any atom is 0.262 e. The zero-order valence-electron chi connectivity index (χ0n) is 15.2. The van der Waals surface area contributed by atoms with Crippen LogP contribution in [0.5, 0.6) is 5.75 Å². The lowest BCUT2D eigenvalue weighted by molar-refractivity contribution is -0.118. The van der Waals surface area contributed by atoms with Crippen LogP contribution in [-0.4, -0.2) is 18.4 Å². The first-order chi connectivity index (χ1) is 12.4. The number of hydrogen-bond acceptors (Lipinski definition) is 3. The maximum atomic E-state index is 12.1. The quantitative estimate of drug-likeness (QED) is 0.737. The molecule has 0 bridgehead atoms. The van der Waals surface area contributed by atoms with Crippen LogP contribution >= 0.6 is 11.6 Å². The number of nitrogens with one attached hydrogen (secondary N) is 2. The van der Waals surface area contributed by atoms with E-state index in [1.807, 2.05) is 39.0 Å². The van der Waals surface area contributed by atoms with E-state index in [1.54, 1.807) is 18.2 Å². The molecule has 0 heterocycles. The molecule has 2 amide bonds. The van der Waals surface area contributed by atoms with E-state index in [-0.39, 0.29) is 18.4 Å². The molecule has 0 saturated carbocycles. The van der Waals surface area contributed by atoms with Crippen LogP contribution in [0.15, 0.2) is 36.4 Å². The van der Waals surface area contributed by atoms with Crippen molar-refractivity contribution >= 4 is 34.8 Å². The first kappa shape index (κ1) is 19.8. The fourth-order valence-electron chi connectivity index (χ4n) is 2.29. The van der Waals surface area contributed by atoms with Gasteiger partial charge < -0.3 is 15.4 Å². The number of carbonyl (C=O) groups is 2. The first-order valence-electron chi connectivity index (χ1n) is 8.48. The molecule has 6 heteroatoms. The number of anilines is 2. The molecule has 0 aliphatic heterocycles. The van der Waals surface area contributed by atoms with Gasteiger partial charge in [0.2, 0.25) is 5.91 Å². The van der Waals surface area contributed by atoms with Gasteiger partial charge in [-0.3, -0.25) is 9.59 Å². The molecule has 0 spiro atoms. The van der Waals surface area contributed by atoms with E-state index in [1.165, 1.54) is 0 Å². The van der Waals surface area contributed by atoms with Gasteiger partial charge in [-0.1, -0.05) is 24.6 Å². The van der Waals surface area contributed by atoms with Crippen molar-refractivity contribution in [2.24, 2.45) is 0 Å². The van der Waals surface area contributed by atoms with Crippen molar-refractivity contribution in [2.45, 2.75) is 33.6 Å². The Hall–Kier alpha value is -2.53. The molecule has 26 heavy (non-hydrogen) atoms. The molecule has 0 unspecified atom stereocenters. The molecular weight excluding hydrogens is 352 g/mol. The third-order valence-corrected chi connectivity index (χ3v) is 4.18. The van der Waals surface area contributed by atoms with Crippen molar-refractivity contribution in [3.8, 4) is 5.75 Å². The predicted molar refractivity (Wildman–Crippen MR) is 105 cm³/mol. The van der Waals surface area contributed by atoms with E-state index in [0.29, 0.717) is 28.6 Å². The summed E-state index contributed by atoms with van der Waals surface area (Å²) in [5.74, 6) is 0.224. The largest absolute Gasteiger partial charge is 0.484 e. The number of rotatable bonds is 7. The van der Waals surface area contributed by atoms with E-state index in [0.717, 1.165) is 17.5 Å². The Morgan fingerprint density at radius 1 is 1.00 bits per heavy atom. The number of hydrogen-bond donors (Lipinski definition) is 2. The van der Waals surface area contributed by atoms with Gasteiger partial charge in [-0.2, -0.15) is 0 Å². The smallest absolute Gasteiger partial charge is 0.262 e. The second-order valence-electron chi connectivity index (χ2n) is 6.08. The molecule has 0 atom stereocenters. The number of ether oxygens (including phenoxy) is 1. The summed E-state index contributed by atoms with van der Waals surface area (Å²) in [7, 11) is 0. The van der Waals surface area contributed by atoms with Crippen molar-refractivity contribution in [2.75, 3.05) is 17.2 Å². The monoisotopic (exact) mass is 374 g/mol. The van der Waals surface area contributed by atoms with Gasteiger partial charge in [-0.15, -0.1) is 0 Å². The van der Waals surface area contributed by atoms with E-state index in [9.17, 15) is 9.59 Å². The highest BCUT2D eigenvalue weighted by Gasteiger charge is 2.09. The average Bonchev–Trinajstić information content (AvgIpc) is 2.59. The first-order valence-corrected chi connectivity index (χ1v) is 8.86. The third-order valence-electron chi connectivity index (χ3n) is 3.85. The minimum Gasteiger partial charge on any atom is -0.484 e. The molecule has 0 aliphatic rings. The van der Waals surface area contributed by atoms with Gasteiger partial charge in [0.25, 0.3) is 5.91 Å². The zero-order chi connectivity index (χ0) is 19.1. The molecule has 0 aliphatic carbocycles. The van der Waals surface area contributed by atoms with E-state index in [2.05, 4.69) is 10.6 Å². The lowest BCUT2D eigenvalue weighted by atomic mass is 10.1. The summed E-state index contributed by atoms with van der Waals surface area (Å²) in [6, 6.07) is 10.6. The van der Waals surface area contributed by atoms with Crippen LogP contribution in [-0.2, 0) is 9.59 Å². The topological polar surface area (TPSA) is 67.4 Å². The maximum absolute atomic E-state index is 12.1. The fraction of sp³-hybridized carbons (Fsp3) is 0.300. The van der Waals surface area contributed by atoms with Crippen molar-refractivity contribution in [1.29, 1.82) is 0 Å². The minimum absolute atomic E-state index is 0.0785. The number of aryl methyl sites for hydroxylation is 2. The van der Waals surface area contributed by atoms with E-state index < -0.39 is 0 Å². The molecule has 2 aromatic rings. The zero-order valence-corrected chi connectivity index (χ0v) is 15.9. The highest BCUT2D eigenvalue weighted by atomic mass is 35.5. The molecule has 2 N–H and O–H groups in total. The van der Waals surface area contributed by atoms with E-state index >= 15 is 0 Å². The molecule has 0 fully saturated rings. The second-order valence-corrected chi connectivity index (χ2v) is 6.48. The SMILES string of the molecule is CCCC(=O)Nc1ccc(Cl)c(NC(=O)COc2ccc(C)c(C)c2)c1. The normalized spacial score (nSPS) is 10.3. The summed E-state index contributed by atoms with van der Waals surface area (Å²) >= 11 is 6.13. The molecule has 2 aromatic carbocycles. The van der Waals surface area contributed by atoms with Crippen LogP contribution in [0.4, 0.5) is 11.4 Å². The van der Waals surface area contributed by atoms with Gasteiger partial charge in [0, 0.05) is 12.1 Å². The Labute approximate surface area is 158 Å². The summed E-state index contributed by atoms with van der Waals surface area (Å²) in [5, 5.41) is 5.86. The van der Waals surface area contributed by atoms with Crippen molar-refractivity contribution < 1.29 is 14.3 Å². The highest BCUT2D eigenvalue weighted by Crippen LogP contribution is 2.26. The third kappa shape index (κ3) is 5.77. The standard InChI is InChI=1S/C20H23ClN2O3/c1-4-5-19(24)22-15-7-9-17(21)18(11-15)23-20(25)12-26-16-8-6-13(2)14(3)10-16/h6-11H,4-5,12H2,1-3H3,(H,22,24)(H,23,25). The van der Waals surface area contributed by atoms with Gasteiger partial charge in [-0.05, 0) is 61.7 Å². The van der Waals surface area contributed by atoms with Gasteiger partial charge in [-0.25, -0.2) is 0 Å². The minimum atomic E-state index is -0.331. The Kier molecular flexibility index (Phi) is 7.04. The Morgan fingerprint density at radius 3 is 2.46 bits per heavy atom. The molecule has 5 nitrogen and oxygen atoms in total. The van der Waals surface area contributed by atoms with Crippen LogP contribution in [0.25, 0.3) is 0 Å². The highest BCUT2D eigenvalue weighted by molar-refractivity contribution is 6.33. The Morgan fingerprint density at radius 2 is 1.77 bits per heavy atom. The summed E-state index contributed by atoms with van der Waals surface area (Å²) in [6.45, 7) is 5.80. The molecule has 0 aromatic heterocycles. The summed E-state index contributed by atoms with van der Waals surface area (Å²) in [6.07, 6.45) is 1.20. The number of amides is 2. The number of halogens is 1. The molecular formula is C20H23ClN2O3. The van der Waals surface area contributed by atoms with Crippen molar-refractivity contribution in [1.82, 2.24) is 0 Å². The lowest BCUT2D eigenvalue weighted by Crippen LogP contribution is -2.20. The Balaban J connectivity index is 1.97. The predicted octanol–water partition coefficient (Wildman–Crippen LogP) is 4.71. The second kappa shape index (κ2) is 9.25. The van der Waals surface area contributed by atoms with Crippen molar-refractivity contribution in [3.05, 3.63) is 52.5 Å². The number of carbonyl (C=O) groups excluding carboxylic acids is 2. The van der Waals surface area contributed by atoms with Crippen molar-refractivity contribution in [3.63, 3.8) is 0 Å². The molecule has 2 rings (SSSR count). The van der Waals surface area contributed by atoms with E-state index in [4.69, 9.17) is 16.3 Å². The fourth-order valence-corrected chi connectivity index (χ4v) is 2.45. The van der Waals surface area contributed by atoms with Crippen LogP contribution in [0.2, 0.25) is 5.02 Å². The van der Waals surface area contributed by atoms with Crippen LogP contribution in [0.3, 0.4) is 0 Å². The van der Waals surface area contributed by atoms with Crippen LogP contribution in [0.1, 0.15) is 30.9 Å². The van der Waals surface area contributed by atoms with Gasteiger partial charge >= 0.3 is 0 Å². The molecule has 0 radical (unpaired) electrons. The van der Waals surface area contributed by atoms with Crippen LogP contribution < -0.4 is 15.4 Å². The molecule has 138 valence electrons. The Bertz CT molecular complexity index is 806. The van der Waals surface area contributed by atoms with Gasteiger partial charge in [0.05, 0.1) is 10.7 Å². The summed E-state index contributed by atoms with van der Waals surface area (Å²) in [5.41, 5.74) is 3.27. The lowest BCUT2D eigenvalue weighted by Gasteiger charge is -2.12. The summed E-state index contributed by atoms with van der Waals surface area (Å²) in [4.78, 5) is 23.8. The summed E-state index contributed by atoms with van der Waals surface area (Å²) < 4.78 is 5.52. The van der Waals surface area contributed by atoms with Gasteiger partial charge in [0.15, 0.2) is 6.61 Å². The van der Waals surface area contributed by atoms with Gasteiger partial charge in [0.1, 0.15) is 5.75 Å². The van der Waals surface area contributed by atoms with Crippen LogP contribution in [0, 0.1) is 13.8 Å². The number of benzene rings is 2.